The molecule has 4 aliphatic rings. The van der Waals surface area contributed by atoms with Gasteiger partial charge in [0.25, 0.3) is 0 Å². The minimum atomic E-state index is -0.657. The van der Waals surface area contributed by atoms with E-state index in [0.717, 1.165) is 50.5 Å². The largest absolute Gasteiger partial charge is 0.504 e. The molecule has 1 aromatic rings. The highest BCUT2D eigenvalue weighted by atomic mass is 32.2. The first-order chi connectivity index (χ1) is 17.0. The second kappa shape index (κ2) is 8.19. The number of aromatic hydroxyl groups is 2. The van der Waals surface area contributed by atoms with Crippen molar-refractivity contribution < 1.29 is 20.1 Å². The summed E-state index contributed by atoms with van der Waals surface area (Å²) in [5, 5.41) is 32.2. The summed E-state index contributed by atoms with van der Waals surface area (Å²) in [6.07, 6.45) is 9.28. The summed E-state index contributed by atoms with van der Waals surface area (Å²) in [5.74, 6) is -0.308. The number of fused-ring (bicyclic) bond motifs is 7. The van der Waals surface area contributed by atoms with Gasteiger partial charge >= 0.3 is 5.97 Å². The molecule has 0 bridgehead atoms. The molecule has 3 saturated carbocycles. The zero-order valence-corrected chi connectivity index (χ0v) is 24.8. The van der Waals surface area contributed by atoms with Crippen LogP contribution in [0, 0.1) is 34.5 Å². The van der Waals surface area contributed by atoms with E-state index in [2.05, 4.69) is 47.6 Å². The summed E-state index contributed by atoms with van der Waals surface area (Å²) >= 11 is 1.92. The van der Waals surface area contributed by atoms with Crippen LogP contribution >= 0.6 is 11.8 Å². The lowest BCUT2D eigenvalue weighted by molar-refractivity contribution is -0.177. The molecule has 0 radical (unpaired) electrons. The number of rotatable bonds is 3. The number of hydrogen-bond donors (Lipinski definition) is 3. The van der Waals surface area contributed by atoms with E-state index in [1.165, 1.54) is 16.7 Å². The van der Waals surface area contributed by atoms with Gasteiger partial charge in [-0.2, -0.15) is 0 Å². The van der Waals surface area contributed by atoms with Gasteiger partial charge in [-0.1, -0.05) is 53.2 Å². The first-order valence-electron chi connectivity index (χ1n) is 14.2. The highest BCUT2D eigenvalue weighted by Crippen LogP contribution is 2.75. The van der Waals surface area contributed by atoms with E-state index < -0.39 is 11.4 Å². The Kier molecular flexibility index (Phi) is 5.97. The maximum Gasteiger partial charge on any atom is 0.309 e. The van der Waals surface area contributed by atoms with E-state index in [-0.39, 0.29) is 38.4 Å². The maximum absolute atomic E-state index is 12.4. The van der Waals surface area contributed by atoms with Gasteiger partial charge in [0.15, 0.2) is 11.5 Å². The molecule has 0 aromatic heterocycles. The number of thioether (sulfide) groups is 1. The Bertz CT molecular complexity index is 1190. The molecule has 0 aliphatic heterocycles. The monoisotopic (exact) mass is 526 g/mol. The Labute approximate surface area is 227 Å². The van der Waals surface area contributed by atoms with Crippen molar-refractivity contribution in [2.45, 2.75) is 116 Å². The van der Waals surface area contributed by atoms with Crippen LogP contribution in [0.1, 0.15) is 115 Å². The highest BCUT2D eigenvalue weighted by molar-refractivity contribution is 8.00. The first-order valence-corrected chi connectivity index (χ1v) is 15.1. The van der Waals surface area contributed by atoms with Crippen molar-refractivity contribution in [3.05, 3.63) is 34.4 Å². The molecule has 3 fully saturated rings. The molecule has 5 rings (SSSR count). The summed E-state index contributed by atoms with van der Waals surface area (Å²) in [6.45, 7) is 18.1. The number of phenolic OH excluding ortho intramolecular Hbond substituents is 2. The topological polar surface area (TPSA) is 77.8 Å². The van der Waals surface area contributed by atoms with Gasteiger partial charge in [0.05, 0.1) is 5.41 Å². The number of phenols is 2. The minimum Gasteiger partial charge on any atom is -0.504 e. The van der Waals surface area contributed by atoms with E-state index in [0.29, 0.717) is 11.2 Å². The van der Waals surface area contributed by atoms with Gasteiger partial charge in [0, 0.05) is 10.7 Å². The van der Waals surface area contributed by atoms with Gasteiger partial charge in [-0.05, 0) is 109 Å². The highest BCUT2D eigenvalue weighted by Gasteiger charge is 2.67. The lowest BCUT2D eigenvalue weighted by Gasteiger charge is -2.70. The van der Waals surface area contributed by atoms with E-state index in [9.17, 15) is 20.1 Å². The zero-order valence-electron chi connectivity index (χ0n) is 24.0. The minimum absolute atomic E-state index is 0.00102. The van der Waals surface area contributed by atoms with Crippen LogP contribution in [0.25, 0.3) is 0 Å². The predicted molar refractivity (Wildman–Crippen MR) is 151 cm³/mol. The smallest absolute Gasteiger partial charge is 0.309 e. The first kappa shape index (κ1) is 27.0. The lowest BCUT2D eigenvalue weighted by Crippen LogP contribution is -2.62. The summed E-state index contributed by atoms with van der Waals surface area (Å²) < 4.78 is 0. The van der Waals surface area contributed by atoms with Gasteiger partial charge in [-0.15, -0.1) is 11.8 Å². The van der Waals surface area contributed by atoms with Gasteiger partial charge in [0.2, 0.25) is 0 Å². The molecule has 204 valence electrons. The van der Waals surface area contributed by atoms with Crippen molar-refractivity contribution in [3.8, 4) is 11.5 Å². The van der Waals surface area contributed by atoms with Gasteiger partial charge in [-0.25, -0.2) is 0 Å². The standard InChI is InChI=1S/C32H46O4S/c1-18(2)37-22-16-23-30(6,20-15-21(33)26(34)19(3)25(20)22)12-14-32(8)24-17-29(5,27(35)36)10-9-28(24,4)11-13-31(23,32)7/h15-16,18,22,24,33-34H,9-14,17H2,1-8H3,(H,35,36)/t22?,24-,28-,29-,30+,31-,32+/m1/s1. The van der Waals surface area contributed by atoms with E-state index in [1.807, 2.05) is 31.7 Å². The number of carbonyl (C=O) groups is 1. The van der Waals surface area contributed by atoms with Crippen LogP contribution in [-0.4, -0.2) is 26.5 Å². The second-order valence-corrected chi connectivity index (χ2v) is 16.1. The molecule has 1 unspecified atom stereocenters. The van der Waals surface area contributed by atoms with Gasteiger partial charge in [-0.3, -0.25) is 4.79 Å². The Morgan fingerprint density at radius 1 is 1.00 bits per heavy atom. The Hall–Kier alpha value is -1.62. The fourth-order valence-corrected chi connectivity index (χ4v) is 10.5. The number of allylic oxidation sites excluding steroid dienone is 1. The van der Waals surface area contributed by atoms with E-state index in [1.54, 1.807) is 0 Å². The third-order valence-electron chi connectivity index (χ3n) is 12.0. The summed E-state index contributed by atoms with van der Waals surface area (Å²) in [4.78, 5) is 12.4. The van der Waals surface area contributed by atoms with Gasteiger partial charge < -0.3 is 15.3 Å². The fraction of sp³-hybridized carbons (Fsp3) is 0.719. The average Bonchev–Trinajstić information content (AvgIpc) is 2.81. The fourth-order valence-electron chi connectivity index (χ4n) is 9.28. The van der Waals surface area contributed by atoms with Crippen molar-refractivity contribution in [2.75, 3.05) is 0 Å². The maximum atomic E-state index is 12.4. The second-order valence-electron chi connectivity index (χ2n) is 14.4. The summed E-state index contributed by atoms with van der Waals surface area (Å²) in [5.41, 5.74) is 3.86. The van der Waals surface area contributed by atoms with Crippen LogP contribution in [0.4, 0.5) is 0 Å². The van der Waals surface area contributed by atoms with E-state index in [4.69, 9.17) is 0 Å². The van der Waals surface area contributed by atoms with Crippen molar-refractivity contribution in [2.24, 2.45) is 27.6 Å². The van der Waals surface area contributed by atoms with Crippen LogP contribution in [-0.2, 0) is 10.2 Å². The molecular formula is C32H46O4S. The van der Waals surface area contributed by atoms with Gasteiger partial charge in [0.1, 0.15) is 0 Å². The van der Waals surface area contributed by atoms with Crippen molar-refractivity contribution in [1.82, 2.24) is 0 Å². The quantitative estimate of drug-likeness (QED) is 0.273. The van der Waals surface area contributed by atoms with Crippen LogP contribution < -0.4 is 0 Å². The summed E-state index contributed by atoms with van der Waals surface area (Å²) in [7, 11) is 0. The number of carboxylic acid groups (broad SMARTS) is 1. The molecular weight excluding hydrogens is 480 g/mol. The third kappa shape index (κ3) is 3.51. The SMILES string of the molecule is Cc1c(O)c(O)cc2c1C(SC(C)C)C=C1[C@@]2(C)CC[C@@]2(C)[C@@H]3C[C@](C)(C(=O)O)CC[C@]3(C)CC[C@]12C. The summed E-state index contributed by atoms with van der Waals surface area (Å²) in [6, 6.07) is 1.85. The van der Waals surface area contributed by atoms with Crippen LogP contribution in [0.5, 0.6) is 11.5 Å². The predicted octanol–water partition coefficient (Wildman–Crippen LogP) is 8.28. The third-order valence-corrected chi connectivity index (χ3v) is 13.2. The lowest BCUT2D eigenvalue weighted by atomic mass is 9.34. The van der Waals surface area contributed by atoms with E-state index >= 15 is 0 Å². The van der Waals surface area contributed by atoms with Crippen LogP contribution in [0.3, 0.4) is 0 Å². The molecule has 0 heterocycles. The number of hydrogen-bond acceptors (Lipinski definition) is 4. The number of aliphatic carboxylic acids is 1. The average molecular weight is 527 g/mol. The molecule has 5 heteroatoms. The molecule has 0 saturated heterocycles. The molecule has 4 aliphatic carbocycles. The molecule has 4 nitrogen and oxygen atoms in total. The molecule has 3 N–H and O–H groups in total. The molecule has 37 heavy (non-hydrogen) atoms. The number of benzene rings is 1. The van der Waals surface area contributed by atoms with Crippen LogP contribution in [0.2, 0.25) is 0 Å². The van der Waals surface area contributed by atoms with Crippen LogP contribution in [0.15, 0.2) is 17.7 Å². The van der Waals surface area contributed by atoms with Crippen molar-refractivity contribution >= 4 is 17.7 Å². The van der Waals surface area contributed by atoms with Crippen molar-refractivity contribution in [3.63, 3.8) is 0 Å². The van der Waals surface area contributed by atoms with Crippen molar-refractivity contribution in [1.29, 1.82) is 0 Å². The Morgan fingerprint density at radius 2 is 1.65 bits per heavy atom. The zero-order chi connectivity index (χ0) is 27.3. The number of carboxylic acids is 1. The normalized spacial score (nSPS) is 42.8. The molecule has 7 atom stereocenters. The molecule has 0 spiro atoms. The Morgan fingerprint density at radius 3 is 2.27 bits per heavy atom. The molecule has 1 aromatic carbocycles. The Balaban J connectivity index is 1.69. The molecule has 0 amide bonds.